The summed E-state index contributed by atoms with van der Waals surface area (Å²) < 4.78 is 0. The zero-order valence-electron chi connectivity index (χ0n) is 10.8. The van der Waals surface area contributed by atoms with Crippen molar-refractivity contribution in [3.63, 3.8) is 0 Å². The molecule has 1 aliphatic heterocycles. The highest BCUT2D eigenvalue weighted by Gasteiger charge is 2.18. The lowest BCUT2D eigenvalue weighted by atomic mass is 10.0. The molecule has 0 spiro atoms. The van der Waals surface area contributed by atoms with Gasteiger partial charge >= 0.3 is 0 Å². The summed E-state index contributed by atoms with van der Waals surface area (Å²) in [6.07, 6.45) is 8.01. The average molecular weight is 212 g/mol. The molecule has 2 heteroatoms. The summed E-state index contributed by atoms with van der Waals surface area (Å²) in [4.78, 5) is 2.44. The first kappa shape index (κ1) is 13.0. The maximum absolute atomic E-state index is 3.83. The molecular weight excluding hydrogens is 184 g/mol. The van der Waals surface area contributed by atoms with Gasteiger partial charge in [0.25, 0.3) is 0 Å². The van der Waals surface area contributed by atoms with Crippen molar-refractivity contribution < 1.29 is 0 Å². The predicted molar refractivity (Wildman–Crippen MR) is 67.3 cm³/mol. The van der Waals surface area contributed by atoms with Crippen molar-refractivity contribution in [1.82, 2.24) is 10.2 Å². The van der Waals surface area contributed by atoms with Gasteiger partial charge in [0.15, 0.2) is 0 Å². The highest BCUT2D eigenvalue weighted by Crippen LogP contribution is 2.12. The van der Waals surface area contributed by atoms with Gasteiger partial charge < -0.3 is 10.2 Å². The first-order chi connectivity index (χ1) is 7.26. The van der Waals surface area contributed by atoms with Crippen LogP contribution in [0.1, 0.15) is 52.4 Å². The molecule has 0 unspecified atom stereocenters. The van der Waals surface area contributed by atoms with Crippen LogP contribution in [0.3, 0.4) is 0 Å². The largest absolute Gasteiger partial charge is 0.311 e. The van der Waals surface area contributed by atoms with Crippen molar-refractivity contribution in [3.05, 3.63) is 0 Å². The van der Waals surface area contributed by atoms with Gasteiger partial charge in [0.05, 0.1) is 0 Å². The molecule has 0 aromatic rings. The SMILES string of the molecule is CCCC[C@@H](CC)NC1CCN(C)CC1. The molecule has 1 fully saturated rings. The Balaban J connectivity index is 2.19. The molecule has 1 aliphatic rings. The van der Waals surface area contributed by atoms with Gasteiger partial charge in [-0.05, 0) is 45.8 Å². The molecule has 0 aliphatic carbocycles. The van der Waals surface area contributed by atoms with Crippen LogP contribution >= 0.6 is 0 Å². The van der Waals surface area contributed by atoms with Crippen molar-refractivity contribution in [2.24, 2.45) is 0 Å². The van der Waals surface area contributed by atoms with Crippen LogP contribution < -0.4 is 5.32 Å². The quantitative estimate of drug-likeness (QED) is 0.728. The lowest BCUT2D eigenvalue weighted by Crippen LogP contribution is -2.45. The molecule has 0 saturated carbocycles. The Labute approximate surface area is 95.4 Å². The molecule has 0 bridgehead atoms. The Hall–Kier alpha value is -0.0800. The van der Waals surface area contributed by atoms with E-state index in [1.54, 1.807) is 0 Å². The van der Waals surface area contributed by atoms with Gasteiger partial charge in [-0.3, -0.25) is 0 Å². The zero-order valence-corrected chi connectivity index (χ0v) is 10.8. The van der Waals surface area contributed by atoms with Gasteiger partial charge in [-0.15, -0.1) is 0 Å². The Morgan fingerprint density at radius 1 is 1.27 bits per heavy atom. The summed E-state index contributed by atoms with van der Waals surface area (Å²) in [5, 5.41) is 3.83. The second-order valence-electron chi connectivity index (χ2n) is 4.99. The van der Waals surface area contributed by atoms with Gasteiger partial charge in [-0.1, -0.05) is 26.7 Å². The van der Waals surface area contributed by atoms with Crippen molar-refractivity contribution in [1.29, 1.82) is 0 Å². The van der Waals surface area contributed by atoms with E-state index >= 15 is 0 Å². The number of unbranched alkanes of at least 4 members (excludes halogenated alkanes) is 1. The fraction of sp³-hybridized carbons (Fsp3) is 1.00. The smallest absolute Gasteiger partial charge is 0.00939 e. The molecule has 1 atom stereocenters. The molecule has 1 N–H and O–H groups in total. The van der Waals surface area contributed by atoms with Crippen molar-refractivity contribution >= 4 is 0 Å². The zero-order chi connectivity index (χ0) is 11.1. The molecule has 1 rings (SSSR count). The second kappa shape index (κ2) is 7.24. The number of rotatable bonds is 6. The number of piperidine rings is 1. The highest BCUT2D eigenvalue weighted by molar-refractivity contribution is 4.79. The van der Waals surface area contributed by atoms with Crippen molar-refractivity contribution in [3.8, 4) is 0 Å². The third kappa shape index (κ3) is 4.98. The van der Waals surface area contributed by atoms with E-state index in [2.05, 4.69) is 31.1 Å². The van der Waals surface area contributed by atoms with E-state index in [4.69, 9.17) is 0 Å². The van der Waals surface area contributed by atoms with Crippen LogP contribution in [-0.2, 0) is 0 Å². The monoisotopic (exact) mass is 212 g/mol. The predicted octanol–water partition coefficient (Wildman–Crippen LogP) is 2.64. The Morgan fingerprint density at radius 2 is 1.93 bits per heavy atom. The van der Waals surface area contributed by atoms with Gasteiger partial charge in [-0.2, -0.15) is 0 Å². The van der Waals surface area contributed by atoms with Crippen LogP contribution in [0.2, 0.25) is 0 Å². The number of nitrogens with one attached hydrogen (secondary N) is 1. The minimum Gasteiger partial charge on any atom is -0.311 e. The summed E-state index contributed by atoms with van der Waals surface area (Å²) in [7, 11) is 2.23. The third-order valence-electron chi connectivity index (χ3n) is 3.59. The maximum Gasteiger partial charge on any atom is 0.00939 e. The van der Waals surface area contributed by atoms with Gasteiger partial charge in [0, 0.05) is 12.1 Å². The van der Waals surface area contributed by atoms with Gasteiger partial charge in [0.1, 0.15) is 0 Å². The Kier molecular flexibility index (Phi) is 6.26. The van der Waals surface area contributed by atoms with Crippen LogP contribution in [0, 0.1) is 0 Å². The third-order valence-corrected chi connectivity index (χ3v) is 3.59. The van der Waals surface area contributed by atoms with Gasteiger partial charge in [0.2, 0.25) is 0 Å². The molecule has 0 aromatic heterocycles. The number of hydrogen-bond acceptors (Lipinski definition) is 2. The molecule has 0 amide bonds. The number of likely N-dealkylation sites (tertiary alicyclic amines) is 1. The lowest BCUT2D eigenvalue weighted by molar-refractivity contribution is 0.220. The Morgan fingerprint density at radius 3 is 2.47 bits per heavy atom. The summed E-state index contributed by atoms with van der Waals surface area (Å²) in [5.41, 5.74) is 0. The molecule has 0 aromatic carbocycles. The maximum atomic E-state index is 3.83. The minimum atomic E-state index is 0.762. The van der Waals surface area contributed by atoms with E-state index in [-0.39, 0.29) is 0 Å². The second-order valence-corrected chi connectivity index (χ2v) is 4.99. The van der Waals surface area contributed by atoms with Crippen LogP contribution in [0.15, 0.2) is 0 Å². The van der Waals surface area contributed by atoms with Crippen LogP contribution in [0.4, 0.5) is 0 Å². The van der Waals surface area contributed by atoms with Gasteiger partial charge in [-0.25, -0.2) is 0 Å². The van der Waals surface area contributed by atoms with E-state index in [1.165, 1.54) is 51.6 Å². The molecular formula is C13H28N2. The molecule has 1 heterocycles. The topological polar surface area (TPSA) is 15.3 Å². The van der Waals surface area contributed by atoms with E-state index in [9.17, 15) is 0 Å². The highest BCUT2D eigenvalue weighted by atomic mass is 15.1. The standard InChI is InChI=1S/C13H28N2/c1-4-6-7-12(5-2)14-13-8-10-15(3)11-9-13/h12-14H,4-11H2,1-3H3/t12-/m1/s1. The lowest BCUT2D eigenvalue weighted by Gasteiger charge is -2.32. The van der Waals surface area contributed by atoms with Crippen molar-refractivity contribution in [2.45, 2.75) is 64.5 Å². The minimum absolute atomic E-state index is 0.762. The first-order valence-corrected chi connectivity index (χ1v) is 6.70. The molecule has 2 nitrogen and oxygen atoms in total. The molecule has 90 valence electrons. The number of hydrogen-bond donors (Lipinski definition) is 1. The van der Waals surface area contributed by atoms with E-state index < -0.39 is 0 Å². The van der Waals surface area contributed by atoms with Crippen molar-refractivity contribution in [2.75, 3.05) is 20.1 Å². The number of nitrogens with zero attached hydrogens (tertiary/aromatic N) is 1. The average Bonchev–Trinajstić information content (AvgIpc) is 2.27. The Bertz CT molecular complexity index is 148. The molecule has 1 saturated heterocycles. The van der Waals surface area contributed by atoms with E-state index in [0.29, 0.717) is 0 Å². The fourth-order valence-corrected chi connectivity index (χ4v) is 2.36. The van der Waals surface area contributed by atoms with E-state index in [1.807, 2.05) is 0 Å². The summed E-state index contributed by atoms with van der Waals surface area (Å²) >= 11 is 0. The summed E-state index contributed by atoms with van der Waals surface area (Å²) in [5.74, 6) is 0. The van der Waals surface area contributed by atoms with Crippen LogP contribution in [0.5, 0.6) is 0 Å². The molecule has 15 heavy (non-hydrogen) atoms. The first-order valence-electron chi connectivity index (χ1n) is 6.70. The summed E-state index contributed by atoms with van der Waals surface area (Å²) in [6, 6.07) is 1.54. The van der Waals surface area contributed by atoms with Crippen LogP contribution in [-0.4, -0.2) is 37.1 Å². The normalized spacial score (nSPS) is 21.8. The molecule has 0 radical (unpaired) electrons. The van der Waals surface area contributed by atoms with Crippen LogP contribution in [0.25, 0.3) is 0 Å². The summed E-state index contributed by atoms with van der Waals surface area (Å²) in [6.45, 7) is 7.12. The fourth-order valence-electron chi connectivity index (χ4n) is 2.36. The van der Waals surface area contributed by atoms with E-state index in [0.717, 1.165) is 12.1 Å².